The first-order valence-electron chi connectivity index (χ1n) is 21.3. The highest BCUT2D eigenvalue weighted by atomic mass is 19.1. The van der Waals surface area contributed by atoms with Gasteiger partial charge in [0, 0.05) is 22.5 Å². The normalized spacial score (nSPS) is 27.2. The molecule has 4 aromatic rings. The molecule has 16 heteroatoms. The third kappa shape index (κ3) is 7.10. The Bertz CT molecular complexity index is 2410. The Morgan fingerprint density at radius 1 is 0.754 bits per heavy atom. The molecular formula is C41H46F2N8O6. The van der Waals surface area contributed by atoms with Crippen molar-refractivity contribution < 1.29 is 44.3 Å². The number of alkyl halides is 2. The minimum absolute atomic E-state index is 0.0264. The van der Waals surface area contributed by atoms with Crippen molar-refractivity contribution in [2.24, 2.45) is 0 Å². The number of hydrogen-bond acceptors (Lipinski definition) is 8. The quantitative estimate of drug-likeness (QED) is 0.155. The second kappa shape index (κ2) is 15.3. The topological polar surface area (TPSA) is 175 Å². The molecule has 4 amide bonds. The summed E-state index contributed by atoms with van der Waals surface area (Å²) in [5.41, 5.74) is 7.47. The predicted octanol–water partition coefficient (Wildman–Crippen LogP) is 6.21. The van der Waals surface area contributed by atoms with Crippen molar-refractivity contribution in [2.45, 2.75) is 94.2 Å². The highest BCUT2D eigenvalue weighted by Gasteiger charge is 2.43. The Balaban J connectivity index is 1.04. The summed E-state index contributed by atoms with van der Waals surface area (Å²) in [4.78, 5) is 68.5. The van der Waals surface area contributed by atoms with Gasteiger partial charge in [-0.25, -0.2) is 28.3 Å². The lowest BCUT2D eigenvalue weighted by Gasteiger charge is -2.26. The molecule has 0 radical (unpaired) electrons. The maximum atomic E-state index is 15.0. The van der Waals surface area contributed by atoms with Crippen LogP contribution in [0.2, 0.25) is 0 Å². The van der Waals surface area contributed by atoms with Crippen molar-refractivity contribution >= 4 is 24.0 Å². The number of hydrogen-bond donors (Lipinski definition) is 4. The van der Waals surface area contributed by atoms with Crippen LogP contribution in [0.3, 0.4) is 0 Å². The molecular weight excluding hydrogens is 738 g/mol. The van der Waals surface area contributed by atoms with E-state index in [0.29, 0.717) is 29.0 Å². The predicted molar refractivity (Wildman–Crippen MR) is 204 cm³/mol. The number of ether oxygens (including phenoxy) is 2. The van der Waals surface area contributed by atoms with E-state index < -0.39 is 73.9 Å². The van der Waals surface area contributed by atoms with Crippen LogP contribution in [0.25, 0.3) is 33.6 Å². The number of alkyl carbamates (subject to hydrolysis) is 2. The summed E-state index contributed by atoms with van der Waals surface area (Å²) >= 11 is 0. The number of imidazole rings is 2. The SMILES string of the molecule is [2H]C([2H])([2H])[C@]([2H])(NC(=O)OC)C(=O)N1C[C@@H](F)C[C@H]1c1ncc(-c2ccc(-c3ccc(-c4cnc([C@@H]5C[C@H](F)CN5C(=O)[C@@]([2H])(C)NC(=O)OC)[nH]4)cc3)c3c2C2CCC3C2)[nH]1. The Kier molecular flexibility index (Phi) is 8.66. The van der Waals surface area contributed by atoms with Gasteiger partial charge in [0.2, 0.25) is 11.8 Å². The Hall–Kier alpha value is -5.80. The molecule has 2 aliphatic heterocycles. The van der Waals surface area contributed by atoms with Gasteiger partial charge in [-0.15, -0.1) is 0 Å². The zero-order valence-corrected chi connectivity index (χ0v) is 31.5. The molecule has 2 aromatic heterocycles. The van der Waals surface area contributed by atoms with Crippen LogP contribution in [0.15, 0.2) is 48.8 Å². The molecule has 2 bridgehead atoms. The molecule has 4 heterocycles. The van der Waals surface area contributed by atoms with Gasteiger partial charge in [-0.05, 0) is 72.7 Å². The lowest BCUT2D eigenvalue weighted by molar-refractivity contribution is -0.134. The molecule has 2 unspecified atom stereocenters. The highest BCUT2D eigenvalue weighted by Crippen LogP contribution is 2.58. The molecule has 14 nitrogen and oxygen atoms in total. The molecule has 2 aromatic carbocycles. The average Bonchev–Trinajstić information content (AvgIpc) is 4.10. The van der Waals surface area contributed by atoms with E-state index >= 15 is 4.39 Å². The first kappa shape index (κ1) is 32.3. The van der Waals surface area contributed by atoms with Crippen LogP contribution >= 0.6 is 0 Å². The number of benzene rings is 2. The van der Waals surface area contributed by atoms with E-state index in [2.05, 4.69) is 40.8 Å². The van der Waals surface area contributed by atoms with E-state index in [4.69, 9.17) is 6.85 Å². The molecule has 2 aliphatic carbocycles. The summed E-state index contributed by atoms with van der Waals surface area (Å²) in [5.74, 6) is -0.904. The number of likely N-dealkylation sites (tertiary alicyclic amines) is 2. The summed E-state index contributed by atoms with van der Waals surface area (Å²) in [5, 5.41) is 4.02. The number of H-pyrrole nitrogens is 2. The number of aromatic nitrogens is 4. The number of fused-ring (bicyclic) bond motifs is 5. The number of carbonyl (C=O) groups excluding carboxylic acids is 4. The lowest BCUT2D eigenvalue weighted by Crippen LogP contribution is -2.47. The number of amides is 4. The lowest BCUT2D eigenvalue weighted by atomic mass is 9.82. The zero-order chi connectivity index (χ0) is 44.5. The van der Waals surface area contributed by atoms with Gasteiger partial charge < -0.3 is 39.9 Å². The number of halogens is 2. The molecule has 4 aliphatic rings. The number of rotatable bonds is 9. The fourth-order valence-corrected chi connectivity index (χ4v) is 8.99. The summed E-state index contributed by atoms with van der Waals surface area (Å²) in [6.07, 6.45) is 0.906. The van der Waals surface area contributed by atoms with Gasteiger partial charge in [-0.2, -0.15) is 0 Å². The number of carbonyl (C=O) groups is 4. The van der Waals surface area contributed by atoms with E-state index in [9.17, 15) is 23.6 Å². The van der Waals surface area contributed by atoms with E-state index in [1.54, 1.807) is 12.4 Å². The van der Waals surface area contributed by atoms with E-state index in [1.807, 2.05) is 35.6 Å². The minimum Gasteiger partial charge on any atom is -0.453 e. The third-order valence-corrected chi connectivity index (χ3v) is 11.6. The maximum Gasteiger partial charge on any atom is 0.407 e. The van der Waals surface area contributed by atoms with Gasteiger partial charge in [0.25, 0.3) is 0 Å². The maximum absolute atomic E-state index is 15.0. The highest BCUT2D eigenvalue weighted by molar-refractivity contribution is 5.87. The minimum atomic E-state index is -3.31. The first-order valence-corrected chi connectivity index (χ1v) is 18.8. The fourth-order valence-electron chi connectivity index (χ4n) is 8.99. The standard InChI is InChI=1S/C41H46F2N8O6/c1-20(46-40(54)56-3)38(52)50-18-26(42)14-32(50)36-44-16-30(48-36)23-7-5-22(6-8-23)28-11-12-29(35-25-10-9-24(13-25)34(28)35)31-17-45-37(49-31)33-15-27(43)19-51(33)39(53)21(2)47-41(55)57-4/h5-8,11-12,16-17,20-21,24-27,32-33H,9-10,13-15,18-19H2,1-4H3,(H,44,48)(H,45,49)(H,46,54)(H,47,55)/t20-,21+,24?,25?,26+,27+,32+,33+/m1/s1/i2D3,20D,21D. The van der Waals surface area contributed by atoms with Gasteiger partial charge in [-0.1, -0.05) is 36.4 Å². The fraction of sp³-hybridized carbons (Fsp3) is 0.463. The van der Waals surface area contributed by atoms with Crippen LogP contribution in [0.5, 0.6) is 0 Å². The number of methoxy groups -OCH3 is 2. The second-order valence-electron chi connectivity index (χ2n) is 15.0. The van der Waals surface area contributed by atoms with Gasteiger partial charge in [0.1, 0.15) is 36.0 Å². The van der Waals surface area contributed by atoms with Crippen LogP contribution in [0.1, 0.15) is 99.4 Å². The van der Waals surface area contributed by atoms with Gasteiger partial charge >= 0.3 is 12.2 Å². The monoisotopic (exact) mass is 789 g/mol. The Labute approximate surface area is 335 Å². The summed E-state index contributed by atoms with van der Waals surface area (Å²) in [6.45, 7) is -2.85. The second-order valence-corrected chi connectivity index (χ2v) is 15.0. The van der Waals surface area contributed by atoms with E-state index in [0.717, 1.165) is 60.6 Å². The van der Waals surface area contributed by atoms with Crippen molar-refractivity contribution in [3.05, 3.63) is 71.6 Å². The molecule has 2 saturated heterocycles. The molecule has 0 spiro atoms. The third-order valence-electron chi connectivity index (χ3n) is 11.6. The van der Waals surface area contributed by atoms with Crippen molar-refractivity contribution in [1.29, 1.82) is 0 Å². The van der Waals surface area contributed by atoms with Crippen molar-refractivity contribution in [3.63, 3.8) is 0 Å². The van der Waals surface area contributed by atoms with Crippen LogP contribution in [-0.2, 0) is 19.1 Å². The van der Waals surface area contributed by atoms with Crippen molar-refractivity contribution in [3.8, 4) is 33.6 Å². The van der Waals surface area contributed by atoms with Crippen LogP contribution < -0.4 is 10.6 Å². The molecule has 1 saturated carbocycles. The summed E-state index contributed by atoms with van der Waals surface area (Å²) in [7, 11) is 2.09. The molecule has 3 fully saturated rings. The van der Waals surface area contributed by atoms with Crippen LogP contribution in [-0.4, -0.2) is 105 Å². The van der Waals surface area contributed by atoms with Crippen molar-refractivity contribution in [1.82, 2.24) is 40.4 Å². The Morgan fingerprint density at radius 3 is 1.82 bits per heavy atom. The Morgan fingerprint density at radius 2 is 1.25 bits per heavy atom. The zero-order valence-electron chi connectivity index (χ0n) is 36.5. The number of aromatic amines is 2. The van der Waals surface area contributed by atoms with Crippen molar-refractivity contribution in [2.75, 3.05) is 27.3 Å². The first-order chi connectivity index (χ1) is 29.3. The molecule has 57 heavy (non-hydrogen) atoms. The largest absolute Gasteiger partial charge is 0.453 e. The van der Waals surface area contributed by atoms with Gasteiger partial charge in [0.05, 0.1) is 65.9 Å². The smallest absolute Gasteiger partial charge is 0.407 e. The molecule has 8 atom stereocenters. The van der Waals surface area contributed by atoms with Crippen LogP contribution in [0, 0.1) is 0 Å². The number of nitrogens with one attached hydrogen (secondary N) is 4. The molecule has 8 rings (SSSR count). The summed E-state index contributed by atoms with van der Waals surface area (Å²) < 4.78 is 79.4. The number of nitrogens with zero attached hydrogens (tertiary/aromatic N) is 4. The van der Waals surface area contributed by atoms with Gasteiger partial charge in [-0.3, -0.25) is 9.59 Å². The molecule has 300 valence electrons. The van der Waals surface area contributed by atoms with E-state index in [1.165, 1.54) is 23.0 Å². The average molecular weight is 790 g/mol. The van der Waals surface area contributed by atoms with E-state index in [-0.39, 0.29) is 25.2 Å². The summed E-state index contributed by atoms with van der Waals surface area (Å²) in [6, 6.07) is 4.95. The van der Waals surface area contributed by atoms with Gasteiger partial charge in [0.15, 0.2) is 0 Å². The van der Waals surface area contributed by atoms with Crippen LogP contribution in [0.4, 0.5) is 18.4 Å². The molecule has 4 N–H and O–H groups in total.